The van der Waals surface area contributed by atoms with Gasteiger partial charge in [-0.25, -0.2) is 0 Å². The molecule has 0 radical (unpaired) electrons. The number of hydrogen-bond acceptors (Lipinski definition) is 4. The molecular weight excluding hydrogens is 210 g/mol. The second kappa shape index (κ2) is 5.18. The van der Waals surface area contributed by atoms with Crippen LogP contribution >= 0.6 is 11.8 Å². The van der Waals surface area contributed by atoms with Crippen LogP contribution in [0.3, 0.4) is 0 Å². The van der Waals surface area contributed by atoms with Crippen molar-refractivity contribution in [3.63, 3.8) is 0 Å². The van der Waals surface area contributed by atoms with E-state index < -0.39 is 0 Å². The number of nitrogens with zero attached hydrogens (tertiary/aromatic N) is 1. The predicted octanol–water partition coefficient (Wildman–Crippen LogP) is -0.488. The van der Waals surface area contributed by atoms with Crippen LogP contribution in [0.1, 0.15) is 6.42 Å². The first kappa shape index (κ1) is 11.2. The third-order valence-electron chi connectivity index (χ3n) is 3.21. The molecule has 2 fully saturated rings. The van der Waals surface area contributed by atoms with Gasteiger partial charge >= 0.3 is 0 Å². The molecule has 2 unspecified atom stereocenters. The van der Waals surface area contributed by atoms with E-state index in [2.05, 4.69) is 15.5 Å². The van der Waals surface area contributed by atoms with E-state index in [0.29, 0.717) is 6.04 Å². The molecule has 2 heterocycles. The maximum atomic E-state index is 11.7. The summed E-state index contributed by atoms with van der Waals surface area (Å²) in [5.74, 6) is 2.59. The highest BCUT2D eigenvalue weighted by Gasteiger charge is 2.34. The van der Waals surface area contributed by atoms with E-state index in [9.17, 15) is 4.79 Å². The van der Waals surface area contributed by atoms with Gasteiger partial charge in [-0.3, -0.25) is 9.69 Å². The second-order valence-electron chi connectivity index (χ2n) is 4.09. The summed E-state index contributed by atoms with van der Waals surface area (Å²) in [7, 11) is 1.72. The molecule has 2 atom stereocenters. The van der Waals surface area contributed by atoms with E-state index in [1.807, 2.05) is 11.8 Å². The Morgan fingerprint density at radius 3 is 3.13 bits per heavy atom. The summed E-state index contributed by atoms with van der Waals surface area (Å²) in [5, 5.41) is 6.05. The molecule has 2 aliphatic rings. The van der Waals surface area contributed by atoms with Gasteiger partial charge in [0, 0.05) is 38.5 Å². The number of thioether (sulfide) groups is 1. The van der Waals surface area contributed by atoms with Crippen molar-refractivity contribution in [1.29, 1.82) is 0 Å². The highest BCUT2D eigenvalue weighted by atomic mass is 32.2. The summed E-state index contributed by atoms with van der Waals surface area (Å²) in [6, 6.07) is 0.645. The highest BCUT2D eigenvalue weighted by molar-refractivity contribution is 7.99. The zero-order valence-corrected chi connectivity index (χ0v) is 9.98. The van der Waals surface area contributed by atoms with Crippen molar-refractivity contribution in [2.45, 2.75) is 18.5 Å². The van der Waals surface area contributed by atoms with E-state index in [1.165, 1.54) is 17.9 Å². The largest absolute Gasteiger partial charge is 0.358 e. The molecule has 0 aliphatic carbocycles. The Kier molecular flexibility index (Phi) is 3.88. The van der Waals surface area contributed by atoms with Crippen molar-refractivity contribution in [3.8, 4) is 0 Å². The van der Waals surface area contributed by atoms with Crippen LogP contribution in [-0.4, -0.2) is 61.1 Å². The molecule has 0 bridgehead atoms. The summed E-state index contributed by atoms with van der Waals surface area (Å²) >= 11 is 2.00. The molecule has 0 saturated carbocycles. The number of rotatable bonds is 2. The van der Waals surface area contributed by atoms with Gasteiger partial charge in [0.1, 0.15) is 6.04 Å². The second-order valence-corrected chi connectivity index (χ2v) is 5.24. The van der Waals surface area contributed by atoms with Crippen molar-refractivity contribution in [2.75, 3.05) is 38.2 Å². The van der Waals surface area contributed by atoms with Crippen LogP contribution in [0.5, 0.6) is 0 Å². The lowest BCUT2D eigenvalue weighted by molar-refractivity contribution is -0.127. The molecule has 2 rings (SSSR count). The van der Waals surface area contributed by atoms with Crippen LogP contribution in [0.2, 0.25) is 0 Å². The first-order valence-electron chi connectivity index (χ1n) is 5.58. The third kappa shape index (κ3) is 2.46. The Hall–Kier alpha value is -0.260. The molecule has 0 spiro atoms. The molecule has 5 heteroatoms. The van der Waals surface area contributed by atoms with Crippen LogP contribution in [0.25, 0.3) is 0 Å². The summed E-state index contributed by atoms with van der Waals surface area (Å²) in [6.45, 7) is 2.80. The lowest BCUT2D eigenvalue weighted by atomic mass is 10.1. The average Bonchev–Trinajstić information content (AvgIpc) is 2.81. The number of likely N-dealkylation sites (N-methyl/N-ethyl adjacent to an activating group) is 1. The van der Waals surface area contributed by atoms with Gasteiger partial charge in [-0.2, -0.15) is 11.8 Å². The summed E-state index contributed by atoms with van der Waals surface area (Å²) in [4.78, 5) is 14.1. The molecule has 1 amide bonds. The fraction of sp³-hybridized carbons (Fsp3) is 0.900. The number of carbonyl (C=O) groups excluding carboxylic acids is 1. The maximum Gasteiger partial charge on any atom is 0.238 e. The maximum absolute atomic E-state index is 11.7. The van der Waals surface area contributed by atoms with Gasteiger partial charge in [0.2, 0.25) is 5.91 Å². The minimum absolute atomic E-state index is 0.0347. The number of nitrogens with one attached hydrogen (secondary N) is 2. The third-order valence-corrected chi connectivity index (χ3v) is 4.35. The van der Waals surface area contributed by atoms with Crippen LogP contribution in [0, 0.1) is 0 Å². The first-order chi connectivity index (χ1) is 7.33. The Bertz CT molecular complexity index is 231. The van der Waals surface area contributed by atoms with Crippen LogP contribution in [0.4, 0.5) is 0 Å². The molecule has 2 aliphatic heterocycles. The van der Waals surface area contributed by atoms with Crippen LogP contribution < -0.4 is 10.6 Å². The summed E-state index contributed by atoms with van der Waals surface area (Å²) in [6.07, 6.45) is 1.23. The van der Waals surface area contributed by atoms with Gasteiger partial charge in [-0.15, -0.1) is 0 Å². The lowest BCUT2D eigenvalue weighted by Crippen LogP contribution is -2.60. The minimum atomic E-state index is 0.0347. The SMILES string of the molecule is CNC(=O)C1CNCCN1C1CCSC1. The number of piperazine rings is 1. The fourth-order valence-corrected chi connectivity index (χ4v) is 3.59. The van der Waals surface area contributed by atoms with Gasteiger partial charge in [-0.05, 0) is 12.2 Å². The monoisotopic (exact) mass is 229 g/mol. The van der Waals surface area contributed by atoms with E-state index in [-0.39, 0.29) is 11.9 Å². The molecule has 4 nitrogen and oxygen atoms in total. The summed E-state index contributed by atoms with van der Waals surface area (Å²) in [5.41, 5.74) is 0. The van der Waals surface area contributed by atoms with Crippen molar-refractivity contribution in [3.05, 3.63) is 0 Å². The highest BCUT2D eigenvalue weighted by Crippen LogP contribution is 2.24. The van der Waals surface area contributed by atoms with Gasteiger partial charge in [0.05, 0.1) is 0 Å². The van der Waals surface area contributed by atoms with Crippen LogP contribution in [-0.2, 0) is 4.79 Å². The molecule has 2 saturated heterocycles. The molecule has 15 heavy (non-hydrogen) atoms. The Labute approximate surface area is 95.2 Å². The van der Waals surface area contributed by atoms with Crippen LogP contribution in [0.15, 0.2) is 0 Å². The minimum Gasteiger partial charge on any atom is -0.358 e. The zero-order valence-electron chi connectivity index (χ0n) is 9.16. The molecule has 0 aromatic heterocycles. The van der Waals surface area contributed by atoms with Crippen molar-refractivity contribution < 1.29 is 4.79 Å². The number of amides is 1. The molecule has 86 valence electrons. The van der Waals surface area contributed by atoms with E-state index in [4.69, 9.17) is 0 Å². The molecule has 2 N–H and O–H groups in total. The number of carbonyl (C=O) groups is 1. The van der Waals surface area contributed by atoms with Crippen molar-refractivity contribution in [1.82, 2.24) is 15.5 Å². The van der Waals surface area contributed by atoms with Gasteiger partial charge in [0.25, 0.3) is 0 Å². The van der Waals surface area contributed by atoms with E-state index >= 15 is 0 Å². The molecule has 0 aromatic rings. The normalized spacial score (nSPS) is 32.9. The van der Waals surface area contributed by atoms with Gasteiger partial charge in [-0.1, -0.05) is 0 Å². The first-order valence-corrected chi connectivity index (χ1v) is 6.74. The molecular formula is C10H19N3OS. The number of hydrogen-bond donors (Lipinski definition) is 2. The Balaban J connectivity index is 2.01. The van der Waals surface area contributed by atoms with Gasteiger partial charge in [0.15, 0.2) is 0 Å². The lowest BCUT2D eigenvalue weighted by Gasteiger charge is -2.38. The smallest absolute Gasteiger partial charge is 0.238 e. The standard InChI is InChI=1S/C10H19N3OS/c1-11-10(14)9-6-12-3-4-13(9)8-2-5-15-7-8/h8-9,12H,2-7H2,1H3,(H,11,14). The molecule has 0 aromatic carbocycles. The topological polar surface area (TPSA) is 44.4 Å². The quantitative estimate of drug-likeness (QED) is 0.671. The average molecular weight is 229 g/mol. The predicted molar refractivity (Wildman–Crippen MR) is 63.2 cm³/mol. The van der Waals surface area contributed by atoms with E-state index in [0.717, 1.165) is 19.6 Å². The fourth-order valence-electron chi connectivity index (χ4n) is 2.35. The Morgan fingerprint density at radius 1 is 1.60 bits per heavy atom. The van der Waals surface area contributed by atoms with Crippen molar-refractivity contribution in [2.24, 2.45) is 0 Å². The van der Waals surface area contributed by atoms with Crippen molar-refractivity contribution >= 4 is 17.7 Å². The Morgan fingerprint density at radius 2 is 2.47 bits per heavy atom. The van der Waals surface area contributed by atoms with E-state index in [1.54, 1.807) is 7.05 Å². The summed E-state index contributed by atoms with van der Waals surface area (Å²) < 4.78 is 0. The van der Waals surface area contributed by atoms with Gasteiger partial charge < -0.3 is 10.6 Å². The zero-order chi connectivity index (χ0) is 10.7.